The first-order valence-corrected chi connectivity index (χ1v) is 9.09. The zero-order chi connectivity index (χ0) is 18.1. The number of aryl methyl sites for hydroxylation is 2. The van der Waals surface area contributed by atoms with E-state index in [0.717, 1.165) is 18.4 Å². The van der Waals surface area contributed by atoms with Crippen molar-refractivity contribution in [3.8, 4) is 5.75 Å². The van der Waals surface area contributed by atoms with Gasteiger partial charge in [-0.05, 0) is 67.5 Å². The molecule has 26 heavy (non-hydrogen) atoms. The van der Waals surface area contributed by atoms with Gasteiger partial charge in [-0.15, -0.1) is 0 Å². The van der Waals surface area contributed by atoms with Crippen molar-refractivity contribution in [1.82, 2.24) is 5.32 Å². The molecule has 0 radical (unpaired) electrons. The fourth-order valence-electron chi connectivity index (χ4n) is 3.61. The van der Waals surface area contributed by atoms with Crippen molar-refractivity contribution in [2.24, 2.45) is 0 Å². The molecular formula is C21H22N2O3. The highest BCUT2D eigenvalue weighted by Crippen LogP contribution is 2.29. The van der Waals surface area contributed by atoms with Crippen LogP contribution in [0.2, 0.25) is 0 Å². The molecule has 0 aromatic heterocycles. The normalized spacial score (nSPS) is 16.6. The van der Waals surface area contributed by atoms with Gasteiger partial charge in [-0.25, -0.2) is 0 Å². The molecule has 1 aliphatic carbocycles. The van der Waals surface area contributed by atoms with E-state index in [4.69, 9.17) is 4.74 Å². The highest BCUT2D eigenvalue weighted by molar-refractivity contribution is 6.00. The molecule has 0 saturated heterocycles. The Balaban J connectivity index is 1.49. The van der Waals surface area contributed by atoms with Gasteiger partial charge < -0.3 is 15.4 Å². The van der Waals surface area contributed by atoms with E-state index in [0.29, 0.717) is 17.0 Å². The van der Waals surface area contributed by atoms with Gasteiger partial charge in [0.05, 0.1) is 11.7 Å². The minimum absolute atomic E-state index is 0.00784. The molecule has 0 saturated carbocycles. The van der Waals surface area contributed by atoms with Crippen molar-refractivity contribution in [1.29, 1.82) is 0 Å². The third kappa shape index (κ3) is 3.29. The molecule has 5 nitrogen and oxygen atoms in total. The lowest BCUT2D eigenvalue weighted by Gasteiger charge is -2.21. The van der Waals surface area contributed by atoms with Crippen LogP contribution in [0.4, 0.5) is 5.69 Å². The van der Waals surface area contributed by atoms with Crippen molar-refractivity contribution < 1.29 is 14.3 Å². The largest absolute Gasteiger partial charge is 0.482 e. The number of carbonyl (C=O) groups excluding carboxylic acids is 2. The number of anilines is 1. The first-order chi connectivity index (χ1) is 12.6. The van der Waals surface area contributed by atoms with Gasteiger partial charge in [-0.2, -0.15) is 0 Å². The molecule has 134 valence electrons. The van der Waals surface area contributed by atoms with Crippen molar-refractivity contribution in [3.05, 3.63) is 58.7 Å². The average molecular weight is 350 g/mol. The van der Waals surface area contributed by atoms with E-state index >= 15 is 0 Å². The zero-order valence-corrected chi connectivity index (χ0v) is 14.8. The number of rotatable bonds is 3. The third-order valence-corrected chi connectivity index (χ3v) is 5.09. The number of nitrogens with one attached hydrogen (secondary N) is 2. The van der Waals surface area contributed by atoms with E-state index in [1.807, 2.05) is 6.92 Å². The first kappa shape index (κ1) is 16.6. The van der Waals surface area contributed by atoms with Gasteiger partial charge in [0, 0.05) is 5.56 Å². The molecule has 1 aliphatic heterocycles. The SMILES string of the molecule is C[C@H](NC(=O)c1ccc2c(c1)NC(=O)CO2)c1ccc2c(c1)CCCC2. The summed E-state index contributed by atoms with van der Waals surface area (Å²) in [4.78, 5) is 24.1. The van der Waals surface area contributed by atoms with Crippen LogP contribution < -0.4 is 15.4 Å². The Labute approximate surface area is 152 Å². The average Bonchev–Trinajstić information content (AvgIpc) is 2.66. The van der Waals surface area contributed by atoms with Crippen LogP contribution in [0.5, 0.6) is 5.75 Å². The molecule has 0 fully saturated rings. The molecule has 0 unspecified atom stereocenters. The summed E-state index contributed by atoms with van der Waals surface area (Å²) in [7, 11) is 0. The maximum absolute atomic E-state index is 12.6. The second-order valence-electron chi connectivity index (χ2n) is 6.98. The lowest BCUT2D eigenvalue weighted by Crippen LogP contribution is -2.28. The van der Waals surface area contributed by atoms with Gasteiger partial charge in [0.15, 0.2) is 6.61 Å². The van der Waals surface area contributed by atoms with E-state index in [1.54, 1.807) is 18.2 Å². The van der Waals surface area contributed by atoms with Crippen molar-refractivity contribution in [2.45, 2.75) is 38.6 Å². The zero-order valence-electron chi connectivity index (χ0n) is 14.8. The lowest BCUT2D eigenvalue weighted by atomic mass is 9.89. The summed E-state index contributed by atoms with van der Waals surface area (Å²) in [5, 5.41) is 5.78. The fraction of sp³-hybridized carbons (Fsp3) is 0.333. The predicted octanol–water partition coefficient (Wildman–Crippen LogP) is 3.39. The van der Waals surface area contributed by atoms with Crippen LogP contribution in [-0.2, 0) is 17.6 Å². The maximum Gasteiger partial charge on any atom is 0.262 e. The van der Waals surface area contributed by atoms with E-state index in [1.165, 1.54) is 24.0 Å². The molecular weight excluding hydrogens is 328 g/mol. The van der Waals surface area contributed by atoms with Crippen molar-refractivity contribution in [3.63, 3.8) is 0 Å². The summed E-state index contributed by atoms with van der Waals surface area (Å²) in [5.74, 6) is 0.208. The van der Waals surface area contributed by atoms with Crippen LogP contribution in [0.1, 0.15) is 52.9 Å². The third-order valence-electron chi connectivity index (χ3n) is 5.09. The summed E-state index contributed by atoms with van der Waals surface area (Å²) in [5.41, 5.74) is 5.00. The minimum Gasteiger partial charge on any atom is -0.482 e. The standard InChI is InChI=1S/C21H22N2O3/c1-13(15-7-6-14-4-2-3-5-16(14)10-15)22-21(25)17-8-9-19-18(11-17)23-20(24)12-26-19/h6-11,13H,2-5,12H2,1H3,(H,22,25)(H,23,24)/t13-/m0/s1. The molecule has 0 bridgehead atoms. The van der Waals surface area contributed by atoms with Gasteiger partial charge in [0.1, 0.15) is 5.75 Å². The number of benzene rings is 2. The van der Waals surface area contributed by atoms with Gasteiger partial charge >= 0.3 is 0 Å². The first-order valence-electron chi connectivity index (χ1n) is 9.09. The van der Waals surface area contributed by atoms with E-state index in [2.05, 4.69) is 28.8 Å². The number of hydrogen-bond acceptors (Lipinski definition) is 3. The Bertz CT molecular complexity index is 876. The maximum atomic E-state index is 12.6. The Kier molecular flexibility index (Phi) is 4.37. The monoisotopic (exact) mass is 350 g/mol. The summed E-state index contributed by atoms with van der Waals surface area (Å²) in [6.07, 6.45) is 4.77. The number of fused-ring (bicyclic) bond motifs is 2. The topological polar surface area (TPSA) is 67.4 Å². The number of hydrogen-bond donors (Lipinski definition) is 2. The second kappa shape index (κ2) is 6.83. The number of ether oxygens (including phenoxy) is 1. The Morgan fingerprint density at radius 1 is 1.12 bits per heavy atom. The van der Waals surface area contributed by atoms with Gasteiger partial charge in [0.25, 0.3) is 11.8 Å². The van der Waals surface area contributed by atoms with Gasteiger partial charge in [0.2, 0.25) is 0 Å². The number of carbonyl (C=O) groups is 2. The van der Waals surface area contributed by atoms with Crippen LogP contribution in [0.15, 0.2) is 36.4 Å². The lowest BCUT2D eigenvalue weighted by molar-refractivity contribution is -0.118. The Morgan fingerprint density at radius 2 is 1.92 bits per heavy atom. The van der Waals surface area contributed by atoms with Gasteiger partial charge in [-0.3, -0.25) is 9.59 Å². The molecule has 1 heterocycles. The Hall–Kier alpha value is -2.82. The second-order valence-corrected chi connectivity index (χ2v) is 6.98. The van der Waals surface area contributed by atoms with Crippen LogP contribution in [0, 0.1) is 0 Å². The summed E-state index contributed by atoms with van der Waals surface area (Å²) in [6, 6.07) is 11.5. The number of amides is 2. The molecule has 4 rings (SSSR count). The fourth-order valence-corrected chi connectivity index (χ4v) is 3.61. The summed E-state index contributed by atoms with van der Waals surface area (Å²) in [6.45, 7) is 2.00. The quantitative estimate of drug-likeness (QED) is 0.892. The van der Waals surface area contributed by atoms with Crippen LogP contribution >= 0.6 is 0 Å². The van der Waals surface area contributed by atoms with Gasteiger partial charge in [-0.1, -0.05) is 18.2 Å². The molecule has 1 atom stereocenters. The van der Waals surface area contributed by atoms with Crippen LogP contribution in [0.3, 0.4) is 0 Å². The predicted molar refractivity (Wildman–Crippen MR) is 99.5 cm³/mol. The molecule has 2 N–H and O–H groups in total. The highest BCUT2D eigenvalue weighted by Gasteiger charge is 2.19. The van der Waals surface area contributed by atoms with Crippen molar-refractivity contribution >= 4 is 17.5 Å². The van der Waals surface area contributed by atoms with E-state index in [-0.39, 0.29) is 24.5 Å². The van der Waals surface area contributed by atoms with Crippen molar-refractivity contribution in [2.75, 3.05) is 11.9 Å². The molecule has 0 spiro atoms. The Morgan fingerprint density at radius 3 is 2.77 bits per heavy atom. The summed E-state index contributed by atoms with van der Waals surface area (Å²) >= 11 is 0. The van der Waals surface area contributed by atoms with E-state index in [9.17, 15) is 9.59 Å². The van der Waals surface area contributed by atoms with Crippen LogP contribution in [-0.4, -0.2) is 18.4 Å². The molecule has 5 heteroatoms. The molecule has 2 aliphatic rings. The smallest absolute Gasteiger partial charge is 0.262 e. The minimum atomic E-state index is -0.211. The molecule has 2 aromatic carbocycles. The molecule has 2 aromatic rings. The van der Waals surface area contributed by atoms with E-state index < -0.39 is 0 Å². The summed E-state index contributed by atoms with van der Waals surface area (Å²) < 4.78 is 5.33. The van der Waals surface area contributed by atoms with Crippen LogP contribution in [0.25, 0.3) is 0 Å². The highest BCUT2D eigenvalue weighted by atomic mass is 16.5. The molecule has 2 amide bonds.